The van der Waals surface area contributed by atoms with E-state index in [2.05, 4.69) is 36.2 Å². The molecule has 134 valence electrons. The SMILES string of the molecule is CCN(CC)CCNC(=O)C(C)Oc1ccc(-c2ccccc2)cc1. The quantitative estimate of drug-likeness (QED) is 0.759. The molecule has 0 aliphatic carbocycles. The highest BCUT2D eigenvalue weighted by atomic mass is 16.5. The van der Waals surface area contributed by atoms with Crippen molar-refractivity contribution in [2.45, 2.75) is 26.9 Å². The first-order chi connectivity index (χ1) is 12.1. The molecule has 0 aromatic heterocycles. The maximum Gasteiger partial charge on any atom is 0.260 e. The lowest BCUT2D eigenvalue weighted by atomic mass is 10.1. The first-order valence-corrected chi connectivity index (χ1v) is 8.96. The highest BCUT2D eigenvalue weighted by Crippen LogP contribution is 2.22. The molecule has 2 aromatic rings. The number of carbonyl (C=O) groups excluding carboxylic acids is 1. The average molecular weight is 340 g/mol. The van der Waals surface area contributed by atoms with E-state index in [1.807, 2.05) is 42.5 Å². The number of nitrogens with one attached hydrogen (secondary N) is 1. The van der Waals surface area contributed by atoms with Crippen LogP contribution in [0.15, 0.2) is 54.6 Å². The van der Waals surface area contributed by atoms with Gasteiger partial charge in [0.05, 0.1) is 0 Å². The van der Waals surface area contributed by atoms with Gasteiger partial charge in [-0.25, -0.2) is 0 Å². The molecule has 0 spiro atoms. The van der Waals surface area contributed by atoms with Crippen molar-refractivity contribution in [2.24, 2.45) is 0 Å². The molecule has 0 aliphatic heterocycles. The molecule has 2 aromatic carbocycles. The molecule has 1 unspecified atom stereocenters. The molecule has 1 amide bonds. The summed E-state index contributed by atoms with van der Waals surface area (Å²) in [5.41, 5.74) is 2.29. The molecule has 0 radical (unpaired) electrons. The zero-order valence-corrected chi connectivity index (χ0v) is 15.4. The number of benzene rings is 2. The fourth-order valence-electron chi connectivity index (χ4n) is 2.63. The van der Waals surface area contributed by atoms with Gasteiger partial charge < -0.3 is 15.0 Å². The van der Waals surface area contributed by atoms with Crippen LogP contribution in [0, 0.1) is 0 Å². The lowest BCUT2D eigenvalue weighted by Gasteiger charge is -2.19. The number of amides is 1. The molecular weight excluding hydrogens is 312 g/mol. The van der Waals surface area contributed by atoms with Crippen LogP contribution in [0.3, 0.4) is 0 Å². The third-order valence-corrected chi connectivity index (χ3v) is 4.27. The van der Waals surface area contributed by atoms with E-state index in [1.54, 1.807) is 6.92 Å². The Morgan fingerprint density at radius 3 is 2.20 bits per heavy atom. The smallest absolute Gasteiger partial charge is 0.260 e. The maximum atomic E-state index is 12.1. The number of carbonyl (C=O) groups is 1. The van der Waals surface area contributed by atoms with E-state index in [1.165, 1.54) is 0 Å². The Hall–Kier alpha value is -2.33. The van der Waals surface area contributed by atoms with Gasteiger partial charge in [-0.3, -0.25) is 4.79 Å². The van der Waals surface area contributed by atoms with Gasteiger partial charge in [-0.05, 0) is 43.3 Å². The van der Waals surface area contributed by atoms with Gasteiger partial charge >= 0.3 is 0 Å². The van der Waals surface area contributed by atoms with Crippen LogP contribution in [0.2, 0.25) is 0 Å². The van der Waals surface area contributed by atoms with Crippen molar-refractivity contribution < 1.29 is 9.53 Å². The Balaban J connectivity index is 1.83. The summed E-state index contributed by atoms with van der Waals surface area (Å²) in [5.74, 6) is 0.616. The number of ether oxygens (including phenoxy) is 1. The van der Waals surface area contributed by atoms with Crippen LogP contribution in [0.1, 0.15) is 20.8 Å². The summed E-state index contributed by atoms with van der Waals surface area (Å²) < 4.78 is 5.75. The van der Waals surface area contributed by atoms with Crippen molar-refractivity contribution in [3.8, 4) is 16.9 Å². The number of rotatable bonds is 9. The predicted octanol–water partition coefficient (Wildman–Crippen LogP) is 3.58. The molecule has 0 bridgehead atoms. The Kier molecular flexibility index (Phi) is 7.48. The van der Waals surface area contributed by atoms with E-state index in [9.17, 15) is 4.79 Å². The van der Waals surface area contributed by atoms with E-state index in [0.717, 1.165) is 30.8 Å². The van der Waals surface area contributed by atoms with Crippen LogP contribution in [-0.4, -0.2) is 43.1 Å². The van der Waals surface area contributed by atoms with Gasteiger partial charge in [0.2, 0.25) is 0 Å². The number of nitrogens with zero attached hydrogens (tertiary/aromatic N) is 1. The van der Waals surface area contributed by atoms with Crippen molar-refractivity contribution in [1.29, 1.82) is 0 Å². The molecule has 25 heavy (non-hydrogen) atoms. The lowest BCUT2D eigenvalue weighted by Crippen LogP contribution is -2.40. The van der Waals surface area contributed by atoms with Gasteiger partial charge in [0, 0.05) is 13.1 Å². The van der Waals surface area contributed by atoms with Crippen LogP contribution in [-0.2, 0) is 4.79 Å². The Morgan fingerprint density at radius 1 is 1.00 bits per heavy atom. The van der Waals surface area contributed by atoms with Gasteiger partial charge in [0.1, 0.15) is 5.75 Å². The van der Waals surface area contributed by atoms with Crippen LogP contribution in [0.25, 0.3) is 11.1 Å². The second kappa shape index (κ2) is 9.84. The van der Waals surface area contributed by atoms with Crippen LogP contribution in [0.5, 0.6) is 5.75 Å². The van der Waals surface area contributed by atoms with Crippen molar-refractivity contribution in [1.82, 2.24) is 10.2 Å². The monoisotopic (exact) mass is 340 g/mol. The summed E-state index contributed by atoms with van der Waals surface area (Å²) in [4.78, 5) is 14.4. The summed E-state index contributed by atoms with van der Waals surface area (Å²) in [5, 5.41) is 2.93. The fourth-order valence-corrected chi connectivity index (χ4v) is 2.63. The minimum absolute atomic E-state index is 0.0840. The summed E-state index contributed by atoms with van der Waals surface area (Å²) >= 11 is 0. The van der Waals surface area contributed by atoms with Crippen molar-refractivity contribution >= 4 is 5.91 Å². The summed E-state index contributed by atoms with van der Waals surface area (Å²) in [6.45, 7) is 9.50. The molecule has 2 rings (SSSR count). The zero-order valence-electron chi connectivity index (χ0n) is 15.4. The Labute approximate surface area is 150 Å². The van der Waals surface area contributed by atoms with Crippen LogP contribution in [0.4, 0.5) is 0 Å². The van der Waals surface area contributed by atoms with E-state index >= 15 is 0 Å². The van der Waals surface area contributed by atoms with Gasteiger partial charge in [0.25, 0.3) is 5.91 Å². The largest absolute Gasteiger partial charge is 0.481 e. The van der Waals surface area contributed by atoms with Gasteiger partial charge in [-0.2, -0.15) is 0 Å². The molecule has 0 heterocycles. The van der Waals surface area contributed by atoms with E-state index in [-0.39, 0.29) is 5.91 Å². The van der Waals surface area contributed by atoms with E-state index < -0.39 is 6.10 Å². The highest BCUT2D eigenvalue weighted by molar-refractivity contribution is 5.80. The predicted molar refractivity (Wildman–Crippen MR) is 103 cm³/mol. The third-order valence-electron chi connectivity index (χ3n) is 4.27. The van der Waals surface area contributed by atoms with E-state index in [4.69, 9.17) is 4.74 Å². The number of hydrogen-bond acceptors (Lipinski definition) is 3. The van der Waals surface area contributed by atoms with Gasteiger partial charge in [0.15, 0.2) is 6.10 Å². The maximum absolute atomic E-state index is 12.1. The van der Waals surface area contributed by atoms with Crippen molar-refractivity contribution in [3.05, 3.63) is 54.6 Å². The summed E-state index contributed by atoms with van der Waals surface area (Å²) in [7, 11) is 0. The first kappa shape index (κ1) is 19.0. The first-order valence-electron chi connectivity index (χ1n) is 8.96. The molecule has 4 heteroatoms. The number of hydrogen-bond donors (Lipinski definition) is 1. The molecule has 1 N–H and O–H groups in total. The molecule has 4 nitrogen and oxygen atoms in total. The standard InChI is InChI=1S/C21H28N2O2/c1-4-23(5-2)16-15-22-21(24)17(3)25-20-13-11-19(12-14-20)18-9-7-6-8-10-18/h6-14,17H,4-5,15-16H2,1-3H3,(H,22,24). The number of likely N-dealkylation sites (N-methyl/N-ethyl adjacent to an activating group) is 1. The van der Waals surface area contributed by atoms with Gasteiger partial charge in [-0.1, -0.05) is 56.3 Å². The second-order valence-electron chi connectivity index (χ2n) is 5.97. The molecular formula is C21H28N2O2. The van der Waals surface area contributed by atoms with Crippen LogP contribution >= 0.6 is 0 Å². The molecule has 0 saturated carbocycles. The topological polar surface area (TPSA) is 41.6 Å². The average Bonchev–Trinajstić information content (AvgIpc) is 2.66. The normalized spacial score (nSPS) is 12.0. The summed E-state index contributed by atoms with van der Waals surface area (Å²) in [6, 6.07) is 18.0. The van der Waals surface area contributed by atoms with E-state index in [0.29, 0.717) is 12.3 Å². The minimum Gasteiger partial charge on any atom is -0.481 e. The van der Waals surface area contributed by atoms with Crippen molar-refractivity contribution in [3.63, 3.8) is 0 Å². The second-order valence-corrected chi connectivity index (χ2v) is 5.97. The molecule has 1 atom stereocenters. The van der Waals surface area contributed by atoms with Crippen molar-refractivity contribution in [2.75, 3.05) is 26.2 Å². The van der Waals surface area contributed by atoms with Crippen LogP contribution < -0.4 is 10.1 Å². The zero-order chi connectivity index (χ0) is 18.1. The highest BCUT2D eigenvalue weighted by Gasteiger charge is 2.14. The fraction of sp³-hybridized carbons (Fsp3) is 0.381. The molecule has 0 fully saturated rings. The third kappa shape index (κ3) is 5.91. The Bertz CT molecular complexity index is 637. The minimum atomic E-state index is -0.515. The Morgan fingerprint density at radius 2 is 1.60 bits per heavy atom. The van der Waals surface area contributed by atoms with Gasteiger partial charge in [-0.15, -0.1) is 0 Å². The summed E-state index contributed by atoms with van der Waals surface area (Å²) in [6.07, 6.45) is -0.515. The molecule has 0 saturated heterocycles. The lowest BCUT2D eigenvalue weighted by molar-refractivity contribution is -0.127. The molecule has 0 aliphatic rings.